The summed E-state index contributed by atoms with van der Waals surface area (Å²) in [5, 5.41) is 7.42. The molecule has 6 nitrogen and oxygen atoms in total. The van der Waals surface area contributed by atoms with E-state index in [-0.39, 0.29) is 12.5 Å². The van der Waals surface area contributed by atoms with Gasteiger partial charge >= 0.3 is 0 Å². The maximum Gasteiger partial charge on any atom is 0.255 e. The first-order valence-electron chi connectivity index (χ1n) is 8.67. The molecule has 3 rings (SSSR count). The SMILES string of the molecule is CC(C)(CNC(=O)c1cn(-c2ccccc2)nc1-c1ccccc1)C(N)=O. The van der Waals surface area contributed by atoms with Crippen molar-refractivity contribution in [2.75, 3.05) is 6.54 Å². The Morgan fingerprint density at radius 2 is 1.63 bits per heavy atom. The molecule has 0 aliphatic rings. The molecule has 0 radical (unpaired) electrons. The molecule has 1 heterocycles. The standard InChI is InChI=1S/C21H22N4O2/c1-21(2,20(22)27)14-23-19(26)17-13-25(16-11-7-4-8-12-16)24-18(17)15-9-5-3-6-10-15/h3-13H,14H2,1-2H3,(H2,22,27)(H,23,26). The summed E-state index contributed by atoms with van der Waals surface area (Å²) in [6.45, 7) is 3.54. The maximum absolute atomic E-state index is 12.8. The predicted octanol–water partition coefficient (Wildman–Crippen LogP) is 2.78. The molecular formula is C21H22N4O2. The predicted molar refractivity (Wildman–Crippen MR) is 104 cm³/mol. The van der Waals surface area contributed by atoms with Crippen LogP contribution in [0.15, 0.2) is 66.9 Å². The van der Waals surface area contributed by atoms with Gasteiger partial charge in [-0.2, -0.15) is 5.10 Å². The molecule has 0 unspecified atom stereocenters. The molecule has 0 saturated heterocycles. The molecule has 2 amide bonds. The second-order valence-electron chi connectivity index (χ2n) is 6.97. The van der Waals surface area contributed by atoms with E-state index in [2.05, 4.69) is 10.4 Å². The Balaban J connectivity index is 1.96. The normalized spacial score (nSPS) is 11.2. The van der Waals surface area contributed by atoms with Crippen molar-refractivity contribution >= 4 is 11.8 Å². The van der Waals surface area contributed by atoms with Gasteiger partial charge in [0.05, 0.1) is 16.7 Å². The van der Waals surface area contributed by atoms with Crippen molar-refractivity contribution in [1.29, 1.82) is 0 Å². The van der Waals surface area contributed by atoms with Crippen LogP contribution in [0.3, 0.4) is 0 Å². The van der Waals surface area contributed by atoms with E-state index >= 15 is 0 Å². The highest BCUT2D eigenvalue weighted by Gasteiger charge is 2.27. The van der Waals surface area contributed by atoms with Crippen molar-refractivity contribution in [3.05, 3.63) is 72.4 Å². The minimum Gasteiger partial charge on any atom is -0.369 e. The number of para-hydroxylation sites is 1. The number of amides is 2. The van der Waals surface area contributed by atoms with Crippen LogP contribution in [0.1, 0.15) is 24.2 Å². The summed E-state index contributed by atoms with van der Waals surface area (Å²) in [5.41, 5.74) is 7.26. The molecule has 3 aromatic rings. The van der Waals surface area contributed by atoms with E-state index in [4.69, 9.17) is 5.73 Å². The van der Waals surface area contributed by atoms with Gasteiger partial charge in [-0.1, -0.05) is 48.5 Å². The molecule has 2 aromatic carbocycles. The number of aromatic nitrogens is 2. The fourth-order valence-electron chi connectivity index (χ4n) is 2.55. The summed E-state index contributed by atoms with van der Waals surface area (Å²) < 4.78 is 1.68. The highest BCUT2D eigenvalue weighted by molar-refractivity contribution is 6.00. The average molecular weight is 362 g/mol. The number of primary amides is 1. The zero-order valence-corrected chi connectivity index (χ0v) is 15.3. The molecule has 3 N–H and O–H groups in total. The van der Waals surface area contributed by atoms with Gasteiger partial charge in [0.25, 0.3) is 5.91 Å². The Kier molecular flexibility index (Phi) is 5.07. The van der Waals surface area contributed by atoms with Crippen molar-refractivity contribution < 1.29 is 9.59 Å². The summed E-state index contributed by atoms with van der Waals surface area (Å²) in [5.74, 6) is -0.767. The zero-order valence-electron chi connectivity index (χ0n) is 15.3. The maximum atomic E-state index is 12.8. The highest BCUT2D eigenvalue weighted by Crippen LogP contribution is 2.24. The van der Waals surface area contributed by atoms with Crippen LogP contribution in [-0.2, 0) is 4.79 Å². The molecule has 6 heteroatoms. The summed E-state index contributed by atoms with van der Waals surface area (Å²) in [4.78, 5) is 24.3. The Bertz CT molecular complexity index is 947. The van der Waals surface area contributed by atoms with E-state index in [1.54, 1.807) is 24.7 Å². The van der Waals surface area contributed by atoms with Crippen LogP contribution >= 0.6 is 0 Å². The van der Waals surface area contributed by atoms with E-state index in [1.807, 2.05) is 60.7 Å². The summed E-state index contributed by atoms with van der Waals surface area (Å²) in [7, 11) is 0. The second-order valence-corrected chi connectivity index (χ2v) is 6.97. The molecule has 0 spiro atoms. The third-order valence-electron chi connectivity index (χ3n) is 4.38. The molecular weight excluding hydrogens is 340 g/mol. The first-order chi connectivity index (χ1) is 12.9. The van der Waals surface area contributed by atoms with E-state index < -0.39 is 11.3 Å². The largest absolute Gasteiger partial charge is 0.369 e. The number of carbonyl (C=O) groups excluding carboxylic acids is 2. The van der Waals surface area contributed by atoms with Crippen LogP contribution in [-0.4, -0.2) is 28.1 Å². The third kappa shape index (κ3) is 4.06. The Hall–Kier alpha value is -3.41. The summed E-state index contributed by atoms with van der Waals surface area (Å²) in [6, 6.07) is 19.1. The van der Waals surface area contributed by atoms with Crippen LogP contribution in [0.4, 0.5) is 0 Å². The molecule has 0 atom stereocenters. The molecule has 138 valence electrons. The van der Waals surface area contributed by atoms with Crippen LogP contribution in [0.2, 0.25) is 0 Å². The number of nitrogens with zero attached hydrogens (tertiary/aromatic N) is 2. The molecule has 27 heavy (non-hydrogen) atoms. The number of hydrogen-bond acceptors (Lipinski definition) is 3. The lowest BCUT2D eigenvalue weighted by Gasteiger charge is -2.20. The third-order valence-corrected chi connectivity index (χ3v) is 4.38. The van der Waals surface area contributed by atoms with Crippen molar-refractivity contribution in [3.8, 4) is 16.9 Å². The quantitative estimate of drug-likeness (QED) is 0.706. The molecule has 0 saturated carbocycles. The first-order valence-corrected chi connectivity index (χ1v) is 8.67. The van der Waals surface area contributed by atoms with Gasteiger partial charge in [-0.25, -0.2) is 4.68 Å². The number of carbonyl (C=O) groups is 2. The minimum atomic E-state index is -0.835. The van der Waals surface area contributed by atoms with Gasteiger partial charge in [-0.05, 0) is 26.0 Å². The topological polar surface area (TPSA) is 90.0 Å². The molecule has 1 aromatic heterocycles. The van der Waals surface area contributed by atoms with Crippen LogP contribution < -0.4 is 11.1 Å². The summed E-state index contributed by atoms with van der Waals surface area (Å²) in [6.07, 6.45) is 1.70. The smallest absolute Gasteiger partial charge is 0.255 e. The molecule has 0 aliphatic heterocycles. The number of nitrogens with one attached hydrogen (secondary N) is 1. The van der Waals surface area contributed by atoms with Gasteiger partial charge in [0.1, 0.15) is 5.69 Å². The van der Waals surface area contributed by atoms with Crippen LogP contribution in [0.5, 0.6) is 0 Å². The van der Waals surface area contributed by atoms with Crippen molar-refractivity contribution in [1.82, 2.24) is 15.1 Å². The highest BCUT2D eigenvalue weighted by atomic mass is 16.2. The zero-order chi connectivity index (χ0) is 19.4. The number of benzene rings is 2. The fraction of sp³-hybridized carbons (Fsp3) is 0.190. The van der Waals surface area contributed by atoms with Gasteiger partial charge < -0.3 is 11.1 Å². The van der Waals surface area contributed by atoms with E-state index in [1.165, 1.54) is 0 Å². The van der Waals surface area contributed by atoms with E-state index in [9.17, 15) is 9.59 Å². The molecule has 0 aliphatic carbocycles. The minimum absolute atomic E-state index is 0.145. The average Bonchev–Trinajstić information content (AvgIpc) is 3.13. The van der Waals surface area contributed by atoms with E-state index in [0.29, 0.717) is 11.3 Å². The number of hydrogen-bond donors (Lipinski definition) is 2. The lowest BCUT2D eigenvalue weighted by atomic mass is 9.92. The van der Waals surface area contributed by atoms with Gasteiger partial charge in [-0.15, -0.1) is 0 Å². The van der Waals surface area contributed by atoms with E-state index in [0.717, 1.165) is 11.3 Å². The van der Waals surface area contributed by atoms with Gasteiger partial charge in [0, 0.05) is 18.3 Å². The second kappa shape index (κ2) is 7.45. The fourth-order valence-corrected chi connectivity index (χ4v) is 2.55. The van der Waals surface area contributed by atoms with Gasteiger partial charge in [0.2, 0.25) is 5.91 Å². The van der Waals surface area contributed by atoms with Crippen molar-refractivity contribution in [2.24, 2.45) is 11.1 Å². The van der Waals surface area contributed by atoms with Crippen LogP contribution in [0, 0.1) is 5.41 Å². The lowest BCUT2D eigenvalue weighted by Crippen LogP contribution is -2.42. The molecule has 0 fully saturated rings. The number of rotatable bonds is 6. The molecule has 0 bridgehead atoms. The van der Waals surface area contributed by atoms with Crippen LogP contribution in [0.25, 0.3) is 16.9 Å². The van der Waals surface area contributed by atoms with Crippen molar-refractivity contribution in [3.63, 3.8) is 0 Å². The van der Waals surface area contributed by atoms with Gasteiger partial charge in [-0.3, -0.25) is 9.59 Å². The Labute approximate surface area is 158 Å². The number of nitrogens with two attached hydrogens (primary N) is 1. The first kappa shape index (κ1) is 18.4. The van der Waals surface area contributed by atoms with Gasteiger partial charge in [0.15, 0.2) is 0 Å². The van der Waals surface area contributed by atoms with Crippen molar-refractivity contribution in [2.45, 2.75) is 13.8 Å². The Morgan fingerprint density at radius 3 is 2.22 bits per heavy atom. The summed E-state index contributed by atoms with van der Waals surface area (Å²) >= 11 is 0. The lowest BCUT2D eigenvalue weighted by molar-refractivity contribution is -0.125. The monoisotopic (exact) mass is 362 g/mol. The Morgan fingerprint density at radius 1 is 1.04 bits per heavy atom.